The molecule has 1 aliphatic heterocycles. The van der Waals surface area contributed by atoms with E-state index in [0.29, 0.717) is 37.4 Å². The Labute approximate surface area is 168 Å². The molecule has 0 spiro atoms. The molecule has 1 saturated heterocycles. The van der Waals surface area contributed by atoms with Crippen LogP contribution in [0, 0.1) is 13.8 Å². The van der Waals surface area contributed by atoms with Crippen LogP contribution >= 0.6 is 11.3 Å². The average Bonchev–Trinajstić information content (AvgIpc) is 3.06. The summed E-state index contributed by atoms with van der Waals surface area (Å²) in [4.78, 5) is 30.4. The van der Waals surface area contributed by atoms with Gasteiger partial charge in [0.15, 0.2) is 0 Å². The first-order chi connectivity index (χ1) is 13.5. The quantitative estimate of drug-likeness (QED) is 0.675. The van der Waals surface area contributed by atoms with Gasteiger partial charge < -0.3 is 15.5 Å². The zero-order valence-electron chi connectivity index (χ0n) is 16.1. The molecular formula is C22H23N3O2S. The minimum atomic E-state index is -0.0186. The molecule has 2 N–H and O–H groups in total. The molecule has 2 amide bonds. The van der Waals surface area contributed by atoms with E-state index in [4.69, 9.17) is 5.73 Å². The van der Waals surface area contributed by atoms with Gasteiger partial charge in [-0.3, -0.25) is 9.59 Å². The number of anilines is 1. The summed E-state index contributed by atoms with van der Waals surface area (Å²) in [5.41, 5.74) is 9.03. The van der Waals surface area contributed by atoms with E-state index in [1.807, 2.05) is 47.9 Å². The van der Waals surface area contributed by atoms with Gasteiger partial charge in [-0.05, 0) is 48.6 Å². The topological polar surface area (TPSA) is 66.6 Å². The molecule has 2 heterocycles. The van der Waals surface area contributed by atoms with Gasteiger partial charge in [0, 0.05) is 42.1 Å². The van der Waals surface area contributed by atoms with Crippen LogP contribution in [0.25, 0.3) is 10.1 Å². The molecule has 0 bridgehead atoms. The van der Waals surface area contributed by atoms with Gasteiger partial charge in [0.1, 0.15) is 0 Å². The van der Waals surface area contributed by atoms with Crippen LogP contribution in [0.3, 0.4) is 0 Å². The van der Waals surface area contributed by atoms with Gasteiger partial charge in [-0.2, -0.15) is 0 Å². The third-order valence-electron chi connectivity index (χ3n) is 5.38. The molecule has 5 nitrogen and oxygen atoms in total. The average molecular weight is 394 g/mol. The first-order valence-electron chi connectivity index (χ1n) is 9.38. The first kappa shape index (κ1) is 18.5. The fourth-order valence-corrected chi connectivity index (χ4v) is 4.85. The first-order valence-corrected chi connectivity index (χ1v) is 10.2. The maximum atomic E-state index is 13.1. The SMILES string of the molecule is Cc1ccc(N)cc1C(=O)N1CCN(C(=O)c2sc3ccccc3c2C)CC1. The van der Waals surface area contributed by atoms with Gasteiger partial charge in [-0.25, -0.2) is 0 Å². The molecule has 1 fully saturated rings. The summed E-state index contributed by atoms with van der Waals surface area (Å²) in [5.74, 6) is 0.0425. The molecule has 1 aromatic heterocycles. The zero-order valence-corrected chi connectivity index (χ0v) is 16.9. The predicted molar refractivity (Wildman–Crippen MR) is 114 cm³/mol. The van der Waals surface area contributed by atoms with Crippen molar-refractivity contribution in [3.05, 3.63) is 64.0 Å². The lowest BCUT2D eigenvalue weighted by atomic mass is 10.1. The van der Waals surface area contributed by atoms with E-state index >= 15 is 0 Å². The van der Waals surface area contributed by atoms with Crippen molar-refractivity contribution in [2.75, 3.05) is 31.9 Å². The van der Waals surface area contributed by atoms with Gasteiger partial charge in [-0.15, -0.1) is 11.3 Å². The van der Waals surface area contributed by atoms with Gasteiger partial charge in [0.05, 0.1) is 4.88 Å². The Bertz CT molecular complexity index is 1060. The van der Waals surface area contributed by atoms with E-state index in [1.54, 1.807) is 23.5 Å². The van der Waals surface area contributed by atoms with Crippen LogP contribution in [-0.4, -0.2) is 47.8 Å². The summed E-state index contributed by atoms with van der Waals surface area (Å²) in [6, 6.07) is 13.5. The van der Waals surface area contributed by atoms with E-state index in [2.05, 4.69) is 6.07 Å². The number of nitrogen functional groups attached to an aromatic ring is 1. The lowest BCUT2D eigenvalue weighted by molar-refractivity contribution is 0.0537. The van der Waals surface area contributed by atoms with Gasteiger partial charge in [-0.1, -0.05) is 24.3 Å². The second-order valence-electron chi connectivity index (χ2n) is 7.21. The highest BCUT2D eigenvalue weighted by Crippen LogP contribution is 2.31. The molecular weight excluding hydrogens is 370 g/mol. The lowest BCUT2D eigenvalue weighted by Crippen LogP contribution is -2.50. The molecule has 0 aliphatic carbocycles. The van der Waals surface area contributed by atoms with Crippen LogP contribution in [0.15, 0.2) is 42.5 Å². The molecule has 0 atom stereocenters. The molecule has 0 unspecified atom stereocenters. The number of benzene rings is 2. The molecule has 4 rings (SSSR count). The Hall–Kier alpha value is -2.86. The number of thiophene rings is 1. The van der Waals surface area contributed by atoms with Crippen LogP contribution in [0.2, 0.25) is 0 Å². The number of aryl methyl sites for hydroxylation is 2. The Morgan fingerprint density at radius 2 is 1.57 bits per heavy atom. The molecule has 0 radical (unpaired) electrons. The Morgan fingerprint density at radius 3 is 2.25 bits per heavy atom. The number of nitrogens with two attached hydrogens (primary N) is 1. The Morgan fingerprint density at radius 1 is 0.929 bits per heavy atom. The van der Waals surface area contributed by atoms with E-state index < -0.39 is 0 Å². The van der Waals surface area contributed by atoms with Crippen LogP contribution in [0.5, 0.6) is 0 Å². The molecule has 1 aliphatic rings. The summed E-state index contributed by atoms with van der Waals surface area (Å²) in [6.07, 6.45) is 0. The molecule has 28 heavy (non-hydrogen) atoms. The van der Waals surface area contributed by atoms with Crippen LogP contribution in [-0.2, 0) is 0 Å². The third-order valence-corrected chi connectivity index (χ3v) is 6.64. The summed E-state index contributed by atoms with van der Waals surface area (Å²) < 4.78 is 1.13. The maximum absolute atomic E-state index is 13.1. The smallest absolute Gasteiger partial charge is 0.264 e. The van der Waals surface area contributed by atoms with Crippen molar-refractivity contribution in [3.63, 3.8) is 0 Å². The number of hydrogen-bond donors (Lipinski definition) is 1. The van der Waals surface area contributed by atoms with Gasteiger partial charge in [0.25, 0.3) is 11.8 Å². The van der Waals surface area contributed by atoms with Crippen LogP contribution in [0.1, 0.15) is 31.2 Å². The fraction of sp³-hybridized carbons (Fsp3) is 0.273. The normalized spacial score (nSPS) is 14.5. The highest BCUT2D eigenvalue weighted by atomic mass is 32.1. The number of nitrogens with zero attached hydrogens (tertiary/aromatic N) is 2. The number of carbonyl (C=O) groups is 2. The molecule has 3 aromatic rings. The summed E-state index contributed by atoms with van der Waals surface area (Å²) >= 11 is 1.55. The number of piperazine rings is 1. The number of hydrogen-bond acceptors (Lipinski definition) is 4. The summed E-state index contributed by atoms with van der Waals surface area (Å²) in [5, 5.41) is 1.14. The van der Waals surface area contributed by atoms with Crippen molar-refractivity contribution in [1.82, 2.24) is 9.80 Å². The number of amides is 2. The number of fused-ring (bicyclic) bond motifs is 1. The van der Waals surface area contributed by atoms with Crippen molar-refractivity contribution >= 4 is 38.9 Å². The van der Waals surface area contributed by atoms with E-state index in [9.17, 15) is 9.59 Å². The van der Waals surface area contributed by atoms with Crippen LogP contribution in [0.4, 0.5) is 5.69 Å². The zero-order chi connectivity index (χ0) is 19.8. The minimum absolute atomic E-state index is 0.0186. The van der Waals surface area contributed by atoms with Crippen molar-refractivity contribution < 1.29 is 9.59 Å². The summed E-state index contributed by atoms with van der Waals surface area (Å²) in [7, 11) is 0. The largest absolute Gasteiger partial charge is 0.399 e. The second-order valence-corrected chi connectivity index (χ2v) is 8.26. The van der Waals surface area contributed by atoms with Crippen molar-refractivity contribution in [2.45, 2.75) is 13.8 Å². The van der Waals surface area contributed by atoms with Crippen molar-refractivity contribution in [3.8, 4) is 0 Å². The second kappa shape index (κ2) is 7.28. The number of rotatable bonds is 2. The van der Waals surface area contributed by atoms with Crippen LogP contribution < -0.4 is 5.73 Å². The third kappa shape index (κ3) is 3.24. The lowest BCUT2D eigenvalue weighted by Gasteiger charge is -2.35. The molecule has 144 valence electrons. The maximum Gasteiger partial charge on any atom is 0.264 e. The Kier molecular flexibility index (Phi) is 4.81. The number of carbonyl (C=O) groups excluding carboxylic acids is 2. The van der Waals surface area contributed by atoms with Crippen molar-refractivity contribution in [1.29, 1.82) is 0 Å². The molecule has 2 aromatic carbocycles. The Balaban J connectivity index is 1.47. The predicted octanol–water partition coefficient (Wildman–Crippen LogP) is 3.70. The molecule has 6 heteroatoms. The minimum Gasteiger partial charge on any atom is -0.399 e. The standard InChI is InChI=1S/C22H23N3O2S/c1-14-7-8-16(23)13-18(14)21(26)24-9-11-25(12-10-24)22(27)20-15(2)17-5-3-4-6-19(17)28-20/h3-8,13H,9-12,23H2,1-2H3. The monoisotopic (exact) mass is 393 g/mol. The highest BCUT2D eigenvalue weighted by Gasteiger charge is 2.28. The van der Waals surface area contributed by atoms with Gasteiger partial charge in [0.2, 0.25) is 0 Å². The molecule has 0 saturated carbocycles. The highest BCUT2D eigenvalue weighted by molar-refractivity contribution is 7.21. The van der Waals surface area contributed by atoms with E-state index in [-0.39, 0.29) is 11.8 Å². The summed E-state index contributed by atoms with van der Waals surface area (Å²) in [6.45, 7) is 6.07. The fourth-order valence-electron chi connectivity index (χ4n) is 3.67. The van der Waals surface area contributed by atoms with E-state index in [1.165, 1.54) is 0 Å². The van der Waals surface area contributed by atoms with E-state index in [0.717, 1.165) is 26.1 Å². The van der Waals surface area contributed by atoms with Crippen molar-refractivity contribution in [2.24, 2.45) is 0 Å². The van der Waals surface area contributed by atoms with Gasteiger partial charge >= 0.3 is 0 Å².